The third kappa shape index (κ3) is 1.65. The van der Waals surface area contributed by atoms with Gasteiger partial charge in [0.05, 0.1) is 5.69 Å². The SMILES string of the molecule is Cc1cnccc1-n1c(C)ccc(C)c1=O. The minimum absolute atomic E-state index is 0.0364. The van der Waals surface area contributed by atoms with E-state index in [1.54, 1.807) is 17.0 Å². The van der Waals surface area contributed by atoms with Gasteiger partial charge in [-0.2, -0.15) is 0 Å². The van der Waals surface area contributed by atoms with Gasteiger partial charge in [-0.3, -0.25) is 14.3 Å². The number of pyridine rings is 2. The van der Waals surface area contributed by atoms with E-state index in [1.165, 1.54) is 0 Å². The van der Waals surface area contributed by atoms with Crippen LogP contribution in [0.15, 0.2) is 35.4 Å². The number of rotatable bonds is 1. The molecule has 0 radical (unpaired) electrons. The fourth-order valence-corrected chi connectivity index (χ4v) is 1.74. The number of nitrogens with zero attached hydrogens (tertiary/aromatic N) is 2. The quantitative estimate of drug-likeness (QED) is 0.729. The molecule has 0 fully saturated rings. The first-order valence-electron chi connectivity index (χ1n) is 5.21. The molecule has 3 heteroatoms. The van der Waals surface area contributed by atoms with Gasteiger partial charge in [-0.1, -0.05) is 6.07 Å². The Hall–Kier alpha value is -1.90. The summed E-state index contributed by atoms with van der Waals surface area (Å²) >= 11 is 0. The van der Waals surface area contributed by atoms with Gasteiger partial charge >= 0.3 is 0 Å². The minimum atomic E-state index is 0.0364. The molecule has 3 nitrogen and oxygen atoms in total. The van der Waals surface area contributed by atoms with Gasteiger partial charge in [-0.05, 0) is 38.5 Å². The Morgan fingerprint density at radius 1 is 1.06 bits per heavy atom. The van der Waals surface area contributed by atoms with Crippen molar-refractivity contribution in [3.63, 3.8) is 0 Å². The van der Waals surface area contributed by atoms with Gasteiger partial charge < -0.3 is 0 Å². The minimum Gasteiger partial charge on any atom is -0.281 e. The summed E-state index contributed by atoms with van der Waals surface area (Å²) in [5.74, 6) is 0. The second kappa shape index (κ2) is 3.93. The molecule has 0 aliphatic carbocycles. The molecular formula is C13H14N2O. The van der Waals surface area contributed by atoms with Crippen LogP contribution >= 0.6 is 0 Å². The average Bonchev–Trinajstić information content (AvgIpc) is 2.27. The molecule has 0 aliphatic rings. The van der Waals surface area contributed by atoms with E-state index in [0.29, 0.717) is 0 Å². The summed E-state index contributed by atoms with van der Waals surface area (Å²) in [5, 5.41) is 0. The Morgan fingerprint density at radius 3 is 2.50 bits per heavy atom. The summed E-state index contributed by atoms with van der Waals surface area (Å²) in [7, 11) is 0. The first-order valence-corrected chi connectivity index (χ1v) is 5.21. The number of hydrogen-bond acceptors (Lipinski definition) is 2. The van der Waals surface area contributed by atoms with Crippen LogP contribution in [0.4, 0.5) is 0 Å². The number of aryl methyl sites for hydroxylation is 3. The Labute approximate surface area is 94.4 Å². The van der Waals surface area contributed by atoms with E-state index in [0.717, 1.165) is 22.5 Å². The third-order valence-corrected chi connectivity index (χ3v) is 2.70. The molecule has 2 aromatic heterocycles. The molecule has 0 saturated carbocycles. The van der Waals surface area contributed by atoms with Crippen molar-refractivity contribution in [1.29, 1.82) is 0 Å². The molecule has 0 spiro atoms. The number of hydrogen-bond donors (Lipinski definition) is 0. The molecule has 0 saturated heterocycles. The maximum atomic E-state index is 12.1. The molecule has 0 N–H and O–H groups in total. The summed E-state index contributed by atoms with van der Waals surface area (Å²) in [6.07, 6.45) is 3.47. The molecule has 0 bridgehead atoms. The van der Waals surface area contributed by atoms with E-state index in [1.807, 2.05) is 39.0 Å². The largest absolute Gasteiger partial charge is 0.281 e. The van der Waals surface area contributed by atoms with Crippen LogP contribution in [0.5, 0.6) is 0 Å². The molecule has 2 rings (SSSR count). The monoisotopic (exact) mass is 214 g/mol. The van der Waals surface area contributed by atoms with E-state index < -0.39 is 0 Å². The third-order valence-electron chi connectivity index (χ3n) is 2.70. The first-order chi connectivity index (χ1) is 7.61. The van der Waals surface area contributed by atoms with Crippen molar-refractivity contribution in [2.24, 2.45) is 0 Å². The highest BCUT2D eigenvalue weighted by molar-refractivity contribution is 5.40. The van der Waals surface area contributed by atoms with Crippen LogP contribution in [0.1, 0.15) is 16.8 Å². The molecule has 0 aliphatic heterocycles. The van der Waals surface area contributed by atoms with Crippen LogP contribution in [0.25, 0.3) is 5.69 Å². The fourth-order valence-electron chi connectivity index (χ4n) is 1.74. The van der Waals surface area contributed by atoms with E-state index in [2.05, 4.69) is 4.98 Å². The smallest absolute Gasteiger partial charge is 0.258 e. The highest BCUT2D eigenvalue weighted by Gasteiger charge is 2.07. The molecule has 0 aromatic carbocycles. The van der Waals surface area contributed by atoms with Gasteiger partial charge in [0.25, 0.3) is 5.56 Å². The normalized spacial score (nSPS) is 10.4. The van der Waals surface area contributed by atoms with E-state index in [-0.39, 0.29) is 5.56 Å². The van der Waals surface area contributed by atoms with Crippen LogP contribution in [0.3, 0.4) is 0 Å². The summed E-state index contributed by atoms with van der Waals surface area (Å²) in [6, 6.07) is 5.67. The van der Waals surface area contributed by atoms with Gasteiger partial charge in [0.2, 0.25) is 0 Å². The summed E-state index contributed by atoms with van der Waals surface area (Å²) in [4.78, 5) is 16.1. The lowest BCUT2D eigenvalue weighted by Crippen LogP contribution is -2.23. The van der Waals surface area contributed by atoms with Crippen molar-refractivity contribution in [1.82, 2.24) is 9.55 Å². The summed E-state index contributed by atoms with van der Waals surface area (Å²) < 4.78 is 1.73. The summed E-state index contributed by atoms with van der Waals surface area (Å²) in [6.45, 7) is 5.71. The van der Waals surface area contributed by atoms with E-state index in [9.17, 15) is 4.79 Å². The van der Waals surface area contributed by atoms with Crippen LogP contribution in [0.2, 0.25) is 0 Å². The molecule has 0 atom stereocenters. The number of aromatic nitrogens is 2. The maximum absolute atomic E-state index is 12.1. The Bertz CT molecular complexity index is 585. The molecule has 0 unspecified atom stereocenters. The van der Waals surface area contributed by atoms with E-state index >= 15 is 0 Å². The zero-order chi connectivity index (χ0) is 11.7. The molecule has 2 aromatic rings. The molecule has 0 amide bonds. The lowest BCUT2D eigenvalue weighted by molar-refractivity contribution is 0.906. The van der Waals surface area contributed by atoms with Gasteiger partial charge in [0.15, 0.2) is 0 Å². The van der Waals surface area contributed by atoms with Crippen molar-refractivity contribution < 1.29 is 0 Å². The predicted molar refractivity (Wildman–Crippen MR) is 64.0 cm³/mol. The lowest BCUT2D eigenvalue weighted by atomic mass is 10.2. The standard InChI is InChI=1S/C13H14N2O/c1-9-4-5-11(3)15(13(9)16)12-6-7-14-8-10(12)2/h4-8H,1-3H3. The van der Waals surface area contributed by atoms with Gasteiger partial charge in [-0.25, -0.2) is 0 Å². The van der Waals surface area contributed by atoms with Crippen molar-refractivity contribution in [2.45, 2.75) is 20.8 Å². The zero-order valence-corrected chi connectivity index (χ0v) is 9.69. The maximum Gasteiger partial charge on any atom is 0.258 e. The molecular weight excluding hydrogens is 200 g/mol. The lowest BCUT2D eigenvalue weighted by Gasteiger charge is -2.12. The topological polar surface area (TPSA) is 34.9 Å². The zero-order valence-electron chi connectivity index (χ0n) is 9.69. The van der Waals surface area contributed by atoms with E-state index in [4.69, 9.17) is 0 Å². The Morgan fingerprint density at radius 2 is 1.81 bits per heavy atom. The van der Waals surface area contributed by atoms with Crippen LogP contribution < -0.4 is 5.56 Å². The molecule has 16 heavy (non-hydrogen) atoms. The Kier molecular flexibility index (Phi) is 2.60. The van der Waals surface area contributed by atoms with Crippen molar-refractivity contribution >= 4 is 0 Å². The van der Waals surface area contributed by atoms with Crippen LogP contribution in [-0.4, -0.2) is 9.55 Å². The van der Waals surface area contributed by atoms with Crippen molar-refractivity contribution in [3.05, 3.63) is 57.8 Å². The fraction of sp³-hybridized carbons (Fsp3) is 0.231. The van der Waals surface area contributed by atoms with Crippen LogP contribution in [-0.2, 0) is 0 Å². The van der Waals surface area contributed by atoms with Crippen molar-refractivity contribution in [2.75, 3.05) is 0 Å². The second-order valence-corrected chi connectivity index (χ2v) is 3.96. The summed E-state index contributed by atoms with van der Waals surface area (Å²) in [5.41, 5.74) is 3.63. The van der Waals surface area contributed by atoms with Gasteiger partial charge in [0.1, 0.15) is 0 Å². The molecule has 2 heterocycles. The first kappa shape index (κ1) is 10.6. The molecule has 82 valence electrons. The highest BCUT2D eigenvalue weighted by atomic mass is 16.1. The highest BCUT2D eigenvalue weighted by Crippen LogP contribution is 2.12. The Balaban J connectivity index is 2.79. The van der Waals surface area contributed by atoms with Gasteiger partial charge in [-0.15, -0.1) is 0 Å². The van der Waals surface area contributed by atoms with Crippen molar-refractivity contribution in [3.8, 4) is 5.69 Å². The van der Waals surface area contributed by atoms with Crippen LogP contribution in [0, 0.1) is 20.8 Å². The second-order valence-electron chi connectivity index (χ2n) is 3.96. The average molecular weight is 214 g/mol. The predicted octanol–water partition coefficient (Wildman–Crippen LogP) is 2.16. The van der Waals surface area contributed by atoms with Gasteiger partial charge in [0, 0.05) is 23.7 Å².